The number of hydrogen-bond donors (Lipinski definition) is 1. The lowest BCUT2D eigenvalue weighted by Crippen LogP contribution is -2.41. The molecule has 1 aromatic rings. The van der Waals surface area contributed by atoms with E-state index < -0.39 is 36.4 Å². The Morgan fingerprint density at radius 1 is 1.28 bits per heavy atom. The summed E-state index contributed by atoms with van der Waals surface area (Å²) >= 11 is 0. The average Bonchev–Trinajstić information content (AvgIpc) is 2.96. The maximum Gasteiger partial charge on any atom is 0.494 e. The second-order valence-electron chi connectivity index (χ2n) is 7.33. The molecule has 1 aromatic carbocycles. The van der Waals surface area contributed by atoms with Gasteiger partial charge in [0.15, 0.2) is 6.23 Å². The van der Waals surface area contributed by atoms with Crippen LogP contribution in [-0.2, 0) is 18.9 Å². The van der Waals surface area contributed by atoms with E-state index in [9.17, 15) is 14.7 Å². The number of carbonyl (C=O) groups excluding carboxylic acids is 2. The molecule has 0 bridgehead atoms. The Morgan fingerprint density at radius 2 is 1.92 bits per heavy atom. The molecule has 0 aliphatic carbocycles. The molecular weight excluding hydrogens is 325 g/mol. The van der Waals surface area contributed by atoms with E-state index in [4.69, 9.17) is 14.1 Å². The van der Waals surface area contributed by atoms with E-state index in [1.165, 1.54) is 0 Å². The van der Waals surface area contributed by atoms with Gasteiger partial charge in [-0.05, 0) is 45.3 Å². The predicted octanol–water partition coefficient (Wildman–Crippen LogP) is 0.998. The monoisotopic (exact) mass is 347 g/mol. The van der Waals surface area contributed by atoms with Gasteiger partial charge >= 0.3 is 13.1 Å². The van der Waals surface area contributed by atoms with Crippen LogP contribution in [0, 0.1) is 0 Å². The number of hydrogen-bond acceptors (Lipinski definition) is 6. The largest absolute Gasteiger partial charge is 0.494 e. The van der Waals surface area contributed by atoms with Crippen molar-refractivity contribution in [3.63, 3.8) is 0 Å². The molecule has 0 spiro atoms. The van der Waals surface area contributed by atoms with Gasteiger partial charge in [-0.1, -0.05) is 12.1 Å². The smallest absolute Gasteiger partial charge is 0.399 e. The lowest BCUT2D eigenvalue weighted by atomic mass is 9.78. The molecule has 2 fully saturated rings. The Labute approximate surface area is 146 Å². The number of hydroxylamine groups is 2. The third-order valence-electron chi connectivity index (χ3n) is 4.96. The normalized spacial score (nSPS) is 24.7. The second-order valence-corrected chi connectivity index (χ2v) is 7.33. The predicted molar refractivity (Wildman–Crippen MR) is 89.7 cm³/mol. The highest BCUT2D eigenvalue weighted by Gasteiger charge is 2.51. The molecule has 2 heterocycles. The fraction of sp³-hybridized carbons (Fsp3) is 0.529. The van der Waals surface area contributed by atoms with Crippen molar-refractivity contribution in [2.24, 2.45) is 0 Å². The minimum absolute atomic E-state index is 0.155. The molecule has 8 heteroatoms. The zero-order valence-electron chi connectivity index (χ0n) is 14.8. The van der Waals surface area contributed by atoms with Gasteiger partial charge in [-0.25, -0.2) is 4.79 Å². The molecular formula is C17H22BNO6. The molecule has 1 N–H and O–H groups in total. The van der Waals surface area contributed by atoms with Crippen molar-refractivity contribution in [1.82, 2.24) is 5.06 Å². The number of benzene rings is 1. The topological polar surface area (TPSA) is 85.3 Å². The van der Waals surface area contributed by atoms with E-state index in [2.05, 4.69) is 0 Å². The van der Waals surface area contributed by atoms with Gasteiger partial charge in [-0.3, -0.25) is 4.79 Å². The zero-order valence-corrected chi connectivity index (χ0v) is 14.8. The maximum atomic E-state index is 12.3. The van der Waals surface area contributed by atoms with Crippen LogP contribution >= 0.6 is 0 Å². The lowest BCUT2D eigenvalue weighted by Gasteiger charge is -2.32. The SMILES string of the molecule is CC1(C)OB(c2cccc(C(=O)ON3C(=O)CCC3O)c2)OC1(C)C. The van der Waals surface area contributed by atoms with Gasteiger partial charge < -0.3 is 19.3 Å². The molecule has 2 aliphatic rings. The third-order valence-corrected chi connectivity index (χ3v) is 4.96. The first-order valence-electron chi connectivity index (χ1n) is 8.29. The molecule has 0 radical (unpaired) electrons. The molecule has 0 aromatic heterocycles. The molecule has 2 aliphatic heterocycles. The van der Waals surface area contributed by atoms with Gasteiger partial charge in [0.05, 0.1) is 16.8 Å². The van der Waals surface area contributed by atoms with E-state index >= 15 is 0 Å². The molecule has 1 atom stereocenters. The van der Waals surface area contributed by atoms with E-state index in [0.29, 0.717) is 5.46 Å². The van der Waals surface area contributed by atoms with Gasteiger partial charge in [0.1, 0.15) is 0 Å². The van der Waals surface area contributed by atoms with Crippen molar-refractivity contribution in [2.45, 2.75) is 58.0 Å². The number of aliphatic hydroxyl groups is 1. The Bertz CT molecular complexity index is 688. The quantitative estimate of drug-likeness (QED) is 0.821. The van der Waals surface area contributed by atoms with Crippen LogP contribution in [0.5, 0.6) is 0 Å². The fourth-order valence-corrected chi connectivity index (χ4v) is 2.69. The summed E-state index contributed by atoms with van der Waals surface area (Å²) in [5, 5.41) is 10.4. The number of amides is 1. The summed E-state index contributed by atoms with van der Waals surface area (Å²) in [6, 6.07) is 6.68. The van der Waals surface area contributed by atoms with Crippen LogP contribution in [0.4, 0.5) is 0 Å². The minimum Gasteiger partial charge on any atom is -0.399 e. The summed E-state index contributed by atoms with van der Waals surface area (Å²) in [6.07, 6.45) is -0.689. The summed E-state index contributed by atoms with van der Waals surface area (Å²) in [7, 11) is -0.600. The van der Waals surface area contributed by atoms with Crippen LogP contribution in [0.3, 0.4) is 0 Å². The molecule has 2 saturated heterocycles. The second kappa shape index (κ2) is 6.12. The van der Waals surface area contributed by atoms with E-state index in [0.717, 1.165) is 5.06 Å². The van der Waals surface area contributed by atoms with Crippen molar-refractivity contribution in [1.29, 1.82) is 0 Å². The molecule has 1 amide bonds. The highest BCUT2D eigenvalue weighted by atomic mass is 16.7. The van der Waals surface area contributed by atoms with E-state index in [1.807, 2.05) is 27.7 Å². The Kier molecular flexibility index (Phi) is 4.39. The Hall–Kier alpha value is -1.90. The third kappa shape index (κ3) is 3.29. The summed E-state index contributed by atoms with van der Waals surface area (Å²) in [5.41, 5.74) is -0.0407. The number of carbonyl (C=O) groups is 2. The highest BCUT2D eigenvalue weighted by Crippen LogP contribution is 2.36. The van der Waals surface area contributed by atoms with Crippen molar-refractivity contribution in [2.75, 3.05) is 0 Å². The van der Waals surface area contributed by atoms with Crippen molar-refractivity contribution in [3.05, 3.63) is 29.8 Å². The van der Waals surface area contributed by atoms with Gasteiger partial charge in [0, 0.05) is 12.8 Å². The first-order valence-corrected chi connectivity index (χ1v) is 8.29. The molecule has 25 heavy (non-hydrogen) atoms. The maximum absolute atomic E-state index is 12.3. The van der Waals surface area contributed by atoms with Crippen LogP contribution in [-0.4, -0.2) is 46.6 Å². The van der Waals surface area contributed by atoms with Gasteiger partial charge in [0.2, 0.25) is 0 Å². The molecule has 0 saturated carbocycles. The van der Waals surface area contributed by atoms with Crippen LogP contribution in [0.1, 0.15) is 50.9 Å². The van der Waals surface area contributed by atoms with Crippen LogP contribution in [0.2, 0.25) is 0 Å². The summed E-state index contributed by atoms with van der Waals surface area (Å²) in [5.74, 6) is -1.13. The molecule has 134 valence electrons. The van der Waals surface area contributed by atoms with Crippen molar-refractivity contribution in [3.8, 4) is 0 Å². The first-order chi connectivity index (χ1) is 11.6. The summed E-state index contributed by atoms with van der Waals surface area (Å²) in [6.45, 7) is 7.80. The van der Waals surface area contributed by atoms with Crippen LogP contribution < -0.4 is 5.46 Å². The lowest BCUT2D eigenvalue weighted by molar-refractivity contribution is -0.191. The van der Waals surface area contributed by atoms with E-state index in [-0.39, 0.29) is 18.4 Å². The molecule has 3 rings (SSSR count). The molecule has 1 unspecified atom stereocenters. The standard InChI is InChI=1S/C17H22BNO6/c1-16(2)17(3,4)25-18(24-16)12-7-5-6-11(10-12)15(22)23-19-13(20)8-9-14(19)21/h5-7,10,13,20H,8-9H2,1-4H3. The van der Waals surface area contributed by atoms with Crippen molar-refractivity contribution >= 4 is 24.5 Å². The van der Waals surface area contributed by atoms with Crippen LogP contribution in [0.25, 0.3) is 0 Å². The van der Waals surface area contributed by atoms with Crippen LogP contribution in [0.15, 0.2) is 24.3 Å². The Morgan fingerprint density at radius 3 is 2.48 bits per heavy atom. The summed E-state index contributed by atoms with van der Waals surface area (Å²) in [4.78, 5) is 29.0. The fourth-order valence-electron chi connectivity index (χ4n) is 2.69. The number of aliphatic hydroxyl groups excluding tert-OH is 1. The zero-order chi connectivity index (χ0) is 18.4. The number of rotatable bonds is 3. The average molecular weight is 347 g/mol. The first kappa shape index (κ1) is 17.9. The van der Waals surface area contributed by atoms with E-state index in [1.54, 1.807) is 24.3 Å². The van der Waals surface area contributed by atoms with Gasteiger partial charge in [-0.15, -0.1) is 5.06 Å². The van der Waals surface area contributed by atoms with Gasteiger partial charge in [-0.2, -0.15) is 0 Å². The van der Waals surface area contributed by atoms with Crippen molar-refractivity contribution < 1.29 is 28.8 Å². The highest BCUT2D eigenvalue weighted by molar-refractivity contribution is 6.62. The van der Waals surface area contributed by atoms with Gasteiger partial charge in [0.25, 0.3) is 5.91 Å². The summed E-state index contributed by atoms with van der Waals surface area (Å²) < 4.78 is 11.9. The number of nitrogens with zero attached hydrogens (tertiary/aromatic N) is 1. The Balaban J connectivity index is 1.76. The molecule has 7 nitrogen and oxygen atoms in total. The minimum atomic E-state index is -1.09.